The van der Waals surface area contributed by atoms with Gasteiger partial charge in [-0.05, 0) is 12.2 Å². The highest BCUT2D eigenvalue weighted by Gasteiger charge is 2.26. The van der Waals surface area contributed by atoms with Crippen LogP contribution in [0.4, 0.5) is 0 Å². The largest absolute Gasteiger partial charge is 0.483 e. The van der Waals surface area contributed by atoms with E-state index in [9.17, 15) is 9.59 Å². The number of ether oxygens (including phenoxy) is 1. The first kappa shape index (κ1) is 14.7. The fourth-order valence-electron chi connectivity index (χ4n) is 2.42. The van der Waals surface area contributed by atoms with Gasteiger partial charge in [-0.3, -0.25) is 14.3 Å². The van der Waals surface area contributed by atoms with Crippen LogP contribution in [0.1, 0.15) is 21.7 Å². The fourth-order valence-corrected chi connectivity index (χ4v) is 2.42. The first-order chi connectivity index (χ1) is 11.0. The molecule has 1 aliphatic carbocycles. The molecule has 1 unspecified atom stereocenters. The second-order valence-electron chi connectivity index (χ2n) is 4.92. The Morgan fingerprint density at radius 2 is 2.13 bits per heavy atom. The van der Waals surface area contributed by atoms with Gasteiger partial charge in [0.2, 0.25) is 0 Å². The highest BCUT2D eigenvalue weighted by Crippen LogP contribution is 2.25. The first-order valence-corrected chi connectivity index (χ1v) is 6.75. The van der Waals surface area contributed by atoms with Crippen LogP contribution in [0.5, 0.6) is 5.75 Å². The molecule has 0 saturated carbocycles. The highest BCUT2D eigenvalue weighted by molar-refractivity contribution is 5.93. The lowest BCUT2D eigenvalue weighted by molar-refractivity contribution is -0.137. The number of nitrogens with zero attached hydrogens (tertiary/aromatic N) is 4. The molecule has 0 bridgehead atoms. The second kappa shape index (κ2) is 5.87. The van der Waals surface area contributed by atoms with Gasteiger partial charge in [-0.1, -0.05) is 0 Å². The average molecular weight is 315 g/mol. The molecule has 2 aromatic rings. The monoisotopic (exact) mass is 315 g/mol. The van der Waals surface area contributed by atoms with Crippen molar-refractivity contribution in [1.82, 2.24) is 19.7 Å². The molecule has 0 aliphatic heterocycles. The number of hydrogen-bond acceptors (Lipinski definition) is 6. The number of rotatable bonds is 5. The summed E-state index contributed by atoms with van der Waals surface area (Å²) in [7, 11) is 0. The van der Waals surface area contributed by atoms with Crippen LogP contribution in [0.15, 0.2) is 24.8 Å². The van der Waals surface area contributed by atoms with Crippen LogP contribution in [0.3, 0.4) is 0 Å². The molecule has 0 spiro atoms. The molecule has 0 radical (unpaired) electrons. The van der Waals surface area contributed by atoms with E-state index in [4.69, 9.17) is 15.6 Å². The summed E-state index contributed by atoms with van der Waals surface area (Å²) in [6.07, 6.45) is 7.88. The maximum atomic E-state index is 11.6. The van der Waals surface area contributed by atoms with Gasteiger partial charge in [0.15, 0.2) is 11.4 Å². The Balaban J connectivity index is 1.89. The van der Waals surface area contributed by atoms with Gasteiger partial charge in [0.05, 0.1) is 18.1 Å². The molecular weight excluding hydrogens is 302 g/mol. The SMILES string of the molecule is NC(=O)c1nn(CC(=O)O)c2c1CC(Oc1cncnc1)C=C2. The smallest absolute Gasteiger partial charge is 0.325 e. The van der Waals surface area contributed by atoms with E-state index in [1.165, 1.54) is 23.4 Å². The zero-order valence-corrected chi connectivity index (χ0v) is 11.9. The van der Waals surface area contributed by atoms with E-state index in [1.54, 1.807) is 12.2 Å². The zero-order chi connectivity index (χ0) is 16.4. The van der Waals surface area contributed by atoms with E-state index < -0.39 is 11.9 Å². The van der Waals surface area contributed by atoms with Crippen molar-refractivity contribution in [2.45, 2.75) is 19.1 Å². The number of carbonyl (C=O) groups is 2. The lowest BCUT2D eigenvalue weighted by Gasteiger charge is -2.19. The summed E-state index contributed by atoms with van der Waals surface area (Å²) < 4.78 is 6.97. The molecule has 2 heterocycles. The summed E-state index contributed by atoms with van der Waals surface area (Å²) in [5.74, 6) is -1.27. The summed E-state index contributed by atoms with van der Waals surface area (Å²) >= 11 is 0. The Morgan fingerprint density at radius 1 is 1.39 bits per heavy atom. The summed E-state index contributed by atoms with van der Waals surface area (Å²) in [6, 6.07) is 0. The molecule has 1 atom stereocenters. The number of nitrogens with two attached hydrogens (primary N) is 1. The number of carboxylic acids is 1. The molecular formula is C14H13N5O4. The molecule has 0 fully saturated rings. The van der Waals surface area contributed by atoms with Crippen molar-refractivity contribution in [2.24, 2.45) is 5.73 Å². The number of carboxylic acid groups (broad SMARTS) is 1. The van der Waals surface area contributed by atoms with Gasteiger partial charge in [0.25, 0.3) is 5.91 Å². The highest BCUT2D eigenvalue weighted by atomic mass is 16.5. The number of aromatic nitrogens is 4. The van der Waals surface area contributed by atoms with E-state index in [-0.39, 0.29) is 18.3 Å². The van der Waals surface area contributed by atoms with Crippen LogP contribution in [0.2, 0.25) is 0 Å². The van der Waals surface area contributed by atoms with Crippen molar-refractivity contribution >= 4 is 18.0 Å². The fraction of sp³-hybridized carbons (Fsp3) is 0.214. The number of fused-ring (bicyclic) bond motifs is 1. The van der Waals surface area contributed by atoms with Crippen LogP contribution < -0.4 is 10.5 Å². The average Bonchev–Trinajstić information content (AvgIpc) is 2.86. The van der Waals surface area contributed by atoms with Crippen molar-refractivity contribution in [3.05, 3.63) is 41.7 Å². The van der Waals surface area contributed by atoms with E-state index in [0.717, 1.165) is 0 Å². The van der Waals surface area contributed by atoms with E-state index in [2.05, 4.69) is 15.1 Å². The predicted molar refractivity (Wildman–Crippen MR) is 77.6 cm³/mol. The Morgan fingerprint density at radius 3 is 2.78 bits per heavy atom. The molecule has 0 aromatic carbocycles. The number of aliphatic carboxylic acids is 1. The van der Waals surface area contributed by atoms with E-state index in [1.807, 2.05) is 0 Å². The van der Waals surface area contributed by atoms with Crippen molar-refractivity contribution in [2.75, 3.05) is 0 Å². The zero-order valence-electron chi connectivity index (χ0n) is 11.9. The molecule has 118 valence electrons. The third-order valence-electron chi connectivity index (χ3n) is 3.31. The Labute approximate surface area is 130 Å². The minimum atomic E-state index is -1.06. The van der Waals surface area contributed by atoms with Gasteiger partial charge in [-0.25, -0.2) is 9.97 Å². The molecule has 3 rings (SSSR count). The van der Waals surface area contributed by atoms with Crippen molar-refractivity contribution in [3.63, 3.8) is 0 Å². The van der Waals surface area contributed by atoms with E-state index in [0.29, 0.717) is 23.4 Å². The van der Waals surface area contributed by atoms with E-state index >= 15 is 0 Å². The van der Waals surface area contributed by atoms with Gasteiger partial charge in [0.1, 0.15) is 19.0 Å². The molecule has 9 heteroatoms. The number of carbonyl (C=O) groups excluding carboxylic acids is 1. The quantitative estimate of drug-likeness (QED) is 0.785. The van der Waals surface area contributed by atoms with Crippen LogP contribution in [0.25, 0.3) is 6.08 Å². The van der Waals surface area contributed by atoms with Crippen LogP contribution >= 0.6 is 0 Å². The molecule has 0 saturated heterocycles. The lowest BCUT2D eigenvalue weighted by atomic mass is 9.99. The molecule has 2 aromatic heterocycles. The van der Waals surface area contributed by atoms with Crippen molar-refractivity contribution in [3.8, 4) is 5.75 Å². The van der Waals surface area contributed by atoms with Crippen LogP contribution in [-0.2, 0) is 17.8 Å². The number of hydrogen-bond donors (Lipinski definition) is 2. The molecule has 9 nitrogen and oxygen atoms in total. The summed E-state index contributed by atoms with van der Waals surface area (Å²) in [5.41, 5.74) is 6.51. The summed E-state index contributed by atoms with van der Waals surface area (Å²) in [5, 5.41) is 12.9. The maximum Gasteiger partial charge on any atom is 0.325 e. The predicted octanol–water partition coefficient (Wildman–Crippen LogP) is -0.127. The first-order valence-electron chi connectivity index (χ1n) is 6.75. The van der Waals surface area contributed by atoms with Gasteiger partial charge >= 0.3 is 5.97 Å². The third kappa shape index (κ3) is 3.03. The normalized spacial score (nSPS) is 15.9. The molecule has 23 heavy (non-hydrogen) atoms. The van der Waals surface area contributed by atoms with Crippen LogP contribution in [-0.4, -0.2) is 42.8 Å². The Hall–Kier alpha value is -3.23. The van der Waals surface area contributed by atoms with Gasteiger partial charge in [-0.2, -0.15) is 5.10 Å². The summed E-state index contributed by atoms with van der Waals surface area (Å²) in [6.45, 7) is -0.349. The minimum absolute atomic E-state index is 0.0588. The van der Waals surface area contributed by atoms with Crippen LogP contribution in [0, 0.1) is 0 Å². The lowest BCUT2D eigenvalue weighted by Crippen LogP contribution is -2.23. The molecule has 3 N–H and O–H groups in total. The standard InChI is InChI=1S/C14H13N5O4/c15-14(22)13-10-3-8(23-9-4-16-7-17-5-9)1-2-11(10)19(18-13)6-12(20)21/h1-2,4-5,7-8H,3,6H2,(H2,15,22)(H,20,21). The minimum Gasteiger partial charge on any atom is -0.483 e. The van der Waals surface area contributed by atoms with Gasteiger partial charge in [-0.15, -0.1) is 0 Å². The van der Waals surface area contributed by atoms with Crippen molar-refractivity contribution in [1.29, 1.82) is 0 Å². The summed E-state index contributed by atoms with van der Waals surface area (Å²) in [4.78, 5) is 30.2. The Bertz CT molecular complexity index is 784. The number of amides is 1. The third-order valence-corrected chi connectivity index (χ3v) is 3.31. The maximum absolute atomic E-state index is 11.6. The second-order valence-corrected chi connectivity index (χ2v) is 4.92. The molecule has 1 aliphatic rings. The topological polar surface area (TPSA) is 133 Å². The Kier molecular flexibility index (Phi) is 3.75. The number of primary amides is 1. The van der Waals surface area contributed by atoms with Gasteiger partial charge in [0, 0.05) is 12.0 Å². The van der Waals surface area contributed by atoms with Crippen molar-refractivity contribution < 1.29 is 19.4 Å². The van der Waals surface area contributed by atoms with Gasteiger partial charge < -0.3 is 15.6 Å². The molecule has 1 amide bonds.